The molecule has 0 aromatic carbocycles. The number of hydrogen-bond donors (Lipinski definition) is 0. The number of likely N-dealkylation sites (tertiary alicyclic amines) is 1. The van der Waals surface area contributed by atoms with Gasteiger partial charge in [-0.05, 0) is 32.2 Å². The number of imidazole rings is 1. The van der Waals surface area contributed by atoms with E-state index in [-0.39, 0.29) is 0 Å². The fraction of sp³-hybridized carbons (Fsp3) is 0.643. The number of hydrogen-bond acceptors (Lipinski definition) is 2. The monoisotopic (exact) mass is 233 g/mol. The van der Waals surface area contributed by atoms with E-state index >= 15 is 0 Å². The molecule has 0 saturated carbocycles. The van der Waals surface area contributed by atoms with Crippen LogP contribution in [0.4, 0.5) is 0 Å². The maximum absolute atomic E-state index is 4.42. The van der Waals surface area contributed by atoms with Gasteiger partial charge in [0.25, 0.3) is 0 Å². The lowest BCUT2D eigenvalue weighted by Gasteiger charge is -2.32. The third kappa shape index (κ3) is 3.43. The Morgan fingerprint density at radius 1 is 1.59 bits per heavy atom. The van der Waals surface area contributed by atoms with Crippen LogP contribution in [0.1, 0.15) is 25.6 Å². The topological polar surface area (TPSA) is 21.1 Å². The van der Waals surface area contributed by atoms with Gasteiger partial charge in [0.15, 0.2) is 0 Å². The van der Waals surface area contributed by atoms with E-state index in [1.807, 2.05) is 12.4 Å². The van der Waals surface area contributed by atoms with Crippen LogP contribution in [0.2, 0.25) is 0 Å². The molecule has 3 nitrogen and oxygen atoms in total. The van der Waals surface area contributed by atoms with Crippen molar-refractivity contribution < 1.29 is 0 Å². The Bertz CT molecular complexity index is 381. The van der Waals surface area contributed by atoms with Crippen molar-refractivity contribution in [2.45, 2.75) is 26.2 Å². The fourth-order valence-corrected chi connectivity index (χ4v) is 2.69. The lowest BCUT2D eigenvalue weighted by atomic mass is 9.94. The first-order valence-corrected chi connectivity index (χ1v) is 6.48. The molecule has 94 valence electrons. The summed E-state index contributed by atoms with van der Waals surface area (Å²) in [5.41, 5.74) is 1.27. The van der Waals surface area contributed by atoms with Crippen LogP contribution in [-0.2, 0) is 13.5 Å². The second kappa shape index (κ2) is 5.50. The smallest absolute Gasteiger partial charge is 0.108 e. The highest BCUT2D eigenvalue weighted by molar-refractivity contribution is 4.96. The Morgan fingerprint density at radius 3 is 3.06 bits per heavy atom. The molecule has 1 aliphatic heterocycles. The summed E-state index contributed by atoms with van der Waals surface area (Å²) in [4.78, 5) is 6.95. The molecule has 0 N–H and O–H groups in total. The molecule has 0 unspecified atom stereocenters. The van der Waals surface area contributed by atoms with E-state index in [2.05, 4.69) is 35.0 Å². The quantitative estimate of drug-likeness (QED) is 0.744. The normalized spacial score (nSPS) is 21.6. The largest absolute Gasteiger partial charge is 0.338 e. The summed E-state index contributed by atoms with van der Waals surface area (Å²) in [7, 11) is 2.08. The molecule has 1 aliphatic rings. The van der Waals surface area contributed by atoms with Gasteiger partial charge in [-0.25, -0.2) is 4.98 Å². The second-order valence-electron chi connectivity index (χ2n) is 5.36. The van der Waals surface area contributed by atoms with Gasteiger partial charge >= 0.3 is 0 Å². The van der Waals surface area contributed by atoms with E-state index in [4.69, 9.17) is 0 Å². The highest BCUT2D eigenvalue weighted by atomic mass is 15.1. The maximum atomic E-state index is 4.42. The minimum atomic E-state index is 0.754. The van der Waals surface area contributed by atoms with Crippen LogP contribution in [0.5, 0.6) is 0 Å². The van der Waals surface area contributed by atoms with E-state index in [1.54, 1.807) is 0 Å². The zero-order chi connectivity index (χ0) is 12.3. The Kier molecular flexibility index (Phi) is 4.00. The zero-order valence-electron chi connectivity index (χ0n) is 11.0. The zero-order valence-corrected chi connectivity index (χ0v) is 11.0. The first-order valence-electron chi connectivity index (χ1n) is 6.48. The number of nitrogens with zero attached hydrogens (tertiary/aromatic N) is 3. The van der Waals surface area contributed by atoms with E-state index in [1.165, 1.54) is 37.3 Å². The lowest BCUT2D eigenvalue weighted by molar-refractivity contribution is 0.185. The summed E-state index contributed by atoms with van der Waals surface area (Å²) in [5.74, 6) is 1.97. The minimum Gasteiger partial charge on any atom is -0.338 e. The van der Waals surface area contributed by atoms with Crippen LogP contribution in [0.15, 0.2) is 24.5 Å². The highest BCUT2D eigenvalue weighted by Crippen LogP contribution is 2.20. The number of rotatable bonds is 4. The second-order valence-corrected chi connectivity index (χ2v) is 5.36. The van der Waals surface area contributed by atoms with E-state index in [0.29, 0.717) is 0 Å². The minimum absolute atomic E-state index is 0.754. The SMILES string of the molecule is C=C(C)CN1CCC[C@@H](Cc2nccn2C)C1. The van der Waals surface area contributed by atoms with Gasteiger partial charge in [0, 0.05) is 39.0 Å². The van der Waals surface area contributed by atoms with Crippen molar-refractivity contribution in [2.24, 2.45) is 13.0 Å². The van der Waals surface area contributed by atoms with Crippen molar-refractivity contribution in [3.8, 4) is 0 Å². The van der Waals surface area contributed by atoms with Crippen LogP contribution in [0.3, 0.4) is 0 Å². The van der Waals surface area contributed by atoms with Crippen LogP contribution in [0, 0.1) is 5.92 Å². The van der Waals surface area contributed by atoms with Gasteiger partial charge in [0.05, 0.1) is 0 Å². The molecule has 0 amide bonds. The van der Waals surface area contributed by atoms with Gasteiger partial charge in [-0.3, -0.25) is 4.90 Å². The van der Waals surface area contributed by atoms with Crippen LogP contribution in [0.25, 0.3) is 0 Å². The molecule has 17 heavy (non-hydrogen) atoms. The summed E-state index contributed by atoms with van der Waals surface area (Å²) >= 11 is 0. The van der Waals surface area contributed by atoms with Crippen molar-refractivity contribution in [1.82, 2.24) is 14.5 Å². The Hall–Kier alpha value is -1.09. The van der Waals surface area contributed by atoms with Crippen LogP contribution < -0.4 is 0 Å². The van der Waals surface area contributed by atoms with Gasteiger partial charge in [-0.15, -0.1) is 0 Å². The molecule has 2 rings (SSSR count). The number of piperidine rings is 1. The predicted octanol–water partition coefficient (Wildman–Crippen LogP) is 2.25. The van der Waals surface area contributed by atoms with Gasteiger partial charge in [-0.2, -0.15) is 0 Å². The molecule has 1 fully saturated rings. The van der Waals surface area contributed by atoms with Crippen molar-refractivity contribution >= 4 is 0 Å². The Labute approximate surface area is 104 Å². The van der Waals surface area contributed by atoms with Crippen molar-refractivity contribution in [2.75, 3.05) is 19.6 Å². The molecule has 1 atom stereocenters. The average molecular weight is 233 g/mol. The summed E-state index contributed by atoms with van der Waals surface area (Å²) in [5, 5.41) is 0. The molecule has 2 heterocycles. The molecule has 3 heteroatoms. The van der Waals surface area contributed by atoms with Crippen molar-refractivity contribution in [1.29, 1.82) is 0 Å². The molecule has 0 bridgehead atoms. The Balaban J connectivity index is 1.89. The van der Waals surface area contributed by atoms with Gasteiger partial charge in [-0.1, -0.05) is 12.2 Å². The standard InChI is InChI=1S/C14H23N3/c1-12(2)10-17-7-4-5-13(11-17)9-14-15-6-8-16(14)3/h6,8,13H,1,4-5,7,9-11H2,2-3H3/t13-/m0/s1. The van der Waals surface area contributed by atoms with Gasteiger partial charge in [0.1, 0.15) is 5.82 Å². The maximum Gasteiger partial charge on any atom is 0.108 e. The van der Waals surface area contributed by atoms with Gasteiger partial charge in [0.2, 0.25) is 0 Å². The average Bonchev–Trinajstić information content (AvgIpc) is 2.64. The first-order chi connectivity index (χ1) is 8.15. The van der Waals surface area contributed by atoms with E-state index in [9.17, 15) is 0 Å². The predicted molar refractivity (Wildman–Crippen MR) is 70.9 cm³/mol. The fourth-order valence-electron chi connectivity index (χ4n) is 2.69. The third-order valence-electron chi connectivity index (χ3n) is 3.49. The molecule has 1 saturated heterocycles. The van der Waals surface area contributed by atoms with Crippen LogP contribution in [-0.4, -0.2) is 34.1 Å². The molecule has 1 aromatic heterocycles. The number of aryl methyl sites for hydroxylation is 1. The summed E-state index contributed by atoms with van der Waals surface area (Å²) in [6.07, 6.45) is 7.67. The molecular weight excluding hydrogens is 210 g/mol. The molecule has 0 radical (unpaired) electrons. The molecule has 0 aliphatic carbocycles. The van der Waals surface area contributed by atoms with Crippen molar-refractivity contribution in [3.05, 3.63) is 30.4 Å². The first kappa shape index (κ1) is 12.4. The Morgan fingerprint density at radius 2 is 2.41 bits per heavy atom. The third-order valence-corrected chi connectivity index (χ3v) is 3.49. The van der Waals surface area contributed by atoms with E-state index < -0.39 is 0 Å². The molecular formula is C14H23N3. The van der Waals surface area contributed by atoms with Crippen LogP contribution >= 0.6 is 0 Å². The van der Waals surface area contributed by atoms with Crippen molar-refractivity contribution in [3.63, 3.8) is 0 Å². The van der Waals surface area contributed by atoms with E-state index in [0.717, 1.165) is 18.9 Å². The molecule has 0 spiro atoms. The summed E-state index contributed by atoms with van der Waals surface area (Å²) in [6, 6.07) is 0. The highest BCUT2D eigenvalue weighted by Gasteiger charge is 2.21. The van der Waals surface area contributed by atoms with Gasteiger partial charge < -0.3 is 4.57 Å². The summed E-state index contributed by atoms with van der Waals surface area (Å²) < 4.78 is 2.14. The number of aromatic nitrogens is 2. The summed E-state index contributed by atoms with van der Waals surface area (Å²) in [6.45, 7) is 9.59. The lowest BCUT2D eigenvalue weighted by Crippen LogP contribution is -2.37. The molecule has 1 aromatic rings.